The normalized spacial score (nSPS) is 23.7. The lowest BCUT2D eigenvalue weighted by molar-refractivity contribution is -0.170. The Balaban J connectivity index is 1.49. The van der Waals surface area contributed by atoms with Crippen LogP contribution in [0.25, 0.3) is 11.1 Å². The minimum absolute atomic E-state index is 0.00966. The van der Waals surface area contributed by atoms with Gasteiger partial charge in [0.15, 0.2) is 5.76 Å². The van der Waals surface area contributed by atoms with Gasteiger partial charge in [0.1, 0.15) is 0 Å². The molecule has 0 bridgehead atoms. The first-order valence-corrected chi connectivity index (χ1v) is 13.8. The predicted octanol–water partition coefficient (Wildman–Crippen LogP) is 5.80. The largest absolute Gasteiger partial charge is 0.459 e. The maximum absolute atomic E-state index is 13.6. The highest BCUT2D eigenvalue weighted by Gasteiger charge is 2.39. The molecule has 1 fully saturated rings. The molecule has 0 spiro atoms. The van der Waals surface area contributed by atoms with Crippen LogP contribution in [-0.4, -0.2) is 48.5 Å². The van der Waals surface area contributed by atoms with E-state index in [9.17, 15) is 9.90 Å². The molecule has 2 aliphatic heterocycles. The van der Waals surface area contributed by atoms with Crippen molar-refractivity contribution >= 4 is 5.91 Å². The number of likely N-dealkylation sites (tertiary alicyclic amines) is 1. The lowest BCUT2D eigenvalue weighted by Gasteiger charge is -2.38. The summed E-state index contributed by atoms with van der Waals surface area (Å²) in [5.41, 5.74) is 6.51. The van der Waals surface area contributed by atoms with E-state index in [4.69, 9.17) is 9.47 Å². The second-order valence-electron chi connectivity index (χ2n) is 10.3. The molecule has 5 nitrogen and oxygen atoms in total. The number of carbonyl (C=O) groups is 1. The van der Waals surface area contributed by atoms with Gasteiger partial charge in [-0.2, -0.15) is 0 Å². The second kappa shape index (κ2) is 11.6. The number of benzene rings is 2. The van der Waals surface area contributed by atoms with Crippen LogP contribution in [0.15, 0.2) is 54.3 Å². The van der Waals surface area contributed by atoms with Crippen LogP contribution in [0.1, 0.15) is 74.5 Å². The molecule has 3 aliphatic rings. The summed E-state index contributed by atoms with van der Waals surface area (Å²) >= 11 is 0. The number of fused-ring (bicyclic) bond motifs is 3. The average Bonchev–Trinajstić information content (AvgIpc) is 3.25. The van der Waals surface area contributed by atoms with Crippen LogP contribution < -0.4 is 0 Å². The molecular formula is C31H39NO4. The highest BCUT2D eigenvalue weighted by Crippen LogP contribution is 2.43. The van der Waals surface area contributed by atoms with Crippen molar-refractivity contribution < 1.29 is 19.4 Å². The standard InChI is InChI=1S/C31H39NO4/c1-2-35-31-27(13-10-18-33)28(21-29(36-31)30(34)32-16-8-4-3-5-9-17-32)23-14-15-26-24(20-23)19-22-11-6-7-12-25(22)26/h6-7,11-12,14-15,20-21,27-28,31,33H,2-5,8-10,13,16-19H2,1H3/t27-,28+,31+/m0/s1. The van der Waals surface area contributed by atoms with E-state index in [0.717, 1.165) is 38.8 Å². The molecule has 5 rings (SSSR count). The number of hydrogen-bond donors (Lipinski definition) is 1. The van der Waals surface area contributed by atoms with Gasteiger partial charge in [0.2, 0.25) is 6.29 Å². The molecule has 1 saturated heterocycles. The van der Waals surface area contributed by atoms with E-state index < -0.39 is 6.29 Å². The van der Waals surface area contributed by atoms with Crippen LogP contribution in [0, 0.1) is 5.92 Å². The second-order valence-corrected chi connectivity index (χ2v) is 10.3. The smallest absolute Gasteiger partial charge is 0.288 e. The lowest BCUT2D eigenvalue weighted by atomic mass is 9.79. The summed E-state index contributed by atoms with van der Waals surface area (Å²) in [6, 6.07) is 15.4. The molecule has 2 aromatic rings. The number of aliphatic hydroxyl groups is 1. The summed E-state index contributed by atoms with van der Waals surface area (Å²) in [5, 5.41) is 9.60. The molecule has 1 aliphatic carbocycles. The Hall–Kier alpha value is -2.63. The monoisotopic (exact) mass is 489 g/mol. The Kier molecular flexibility index (Phi) is 8.08. The van der Waals surface area contributed by atoms with Gasteiger partial charge in [0, 0.05) is 38.1 Å². The first-order valence-electron chi connectivity index (χ1n) is 13.8. The van der Waals surface area contributed by atoms with Crippen LogP contribution in [0.3, 0.4) is 0 Å². The van der Waals surface area contributed by atoms with E-state index in [2.05, 4.69) is 42.5 Å². The third-order valence-electron chi connectivity index (χ3n) is 7.97. The van der Waals surface area contributed by atoms with Gasteiger partial charge >= 0.3 is 0 Å². The Morgan fingerprint density at radius 3 is 2.56 bits per heavy atom. The summed E-state index contributed by atoms with van der Waals surface area (Å²) in [6.07, 6.45) is 9.61. The summed E-state index contributed by atoms with van der Waals surface area (Å²) in [5.74, 6) is 0.427. The lowest BCUT2D eigenvalue weighted by Crippen LogP contribution is -2.41. The number of aliphatic hydroxyl groups excluding tert-OH is 1. The maximum atomic E-state index is 13.6. The highest BCUT2D eigenvalue weighted by atomic mass is 16.7. The Bertz CT molecular complexity index is 1090. The Labute approximate surface area is 215 Å². The van der Waals surface area contributed by atoms with Gasteiger partial charge in [0.25, 0.3) is 5.91 Å². The van der Waals surface area contributed by atoms with E-state index in [1.54, 1.807) is 0 Å². The van der Waals surface area contributed by atoms with Gasteiger partial charge in [-0.1, -0.05) is 61.7 Å². The van der Waals surface area contributed by atoms with Crippen LogP contribution in [-0.2, 0) is 20.7 Å². The number of hydrogen-bond acceptors (Lipinski definition) is 4. The van der Waals surface area contributed by atoms with E-state index in [1.165, 1.54) is 47.1 Å². The molecule has 0 saturated carbocycles. The van der Waals surface area contributed by atoms with E-state index >= 15 is 0 Å². The van der Waals surface area contributed by atoms with Crippen molar-refractivity contribution in [1.29, 1.82) is 0 Å². The first kappa shape index (κ1) is 25.0. The van der Waals surface area contributed by atoms with Crippen molar-refractivity contribution in [2.45, 2.75) is 70.5 Å². The number of amides is 1. The molecule has 1 N–H and O–H groups in total. The number of carbonyl (C=O) groups excluding carboxylic acids is 1. The quantitative estimate of drug-likeness (QED) is 0.456. The van der Waals surface area contributed by atoms with Crippen LogP contribution in [0.2, 0.25) is 0 Å². The van der Waals surface area contributed by atoms with Gasteiger partial charge in [-0.05, 0) is 72.9 Å². The molecule has 0 radical (unpaired) electrons. The fourth-order valence-corrected chi connectivity index (χ4v) is 6.12. The molecule has 5 heteroatoms. The summed E-state index contributed by atoms with van der Waals surface area (Å²) in [7, 11) is 0. The van der Waals surface area contributed by atoms with Gasteiger partial charge in [0.05, 0.1) is 0 Å². The van der Waals surface area contributed by atoms with Crippen molar-refractivity contribution in [3.05, 3.63) is 71.0 Å². The van der Waals surface area contributed by atoms with Gasteiger partial charge in [-0.15, -0.1) is 0 Å². The molecule has 1 amide bonds. The first-order chi connectivity index (χ1) is 17.7. The van der Waals surface area contributed by atoms with Gasteiger partial charge in [-0.25, -0.2) is 0 Å². The minimum Gasteiger partial charge on any atom is -0.459 e. The SMILES string of the molecule is CCO[C@@H]1OC(C(=O)N2CCCCCCC2)=C[C@H](c2ccc3c(c2)Cc2ccccc2-3)[C@@H]1CCCO. The number of nitrogens with zero attached hydrogens (tertiary/aromatic N) is 1. The molecule has 192 valence electrons. The van der Waals surface area contributed by atoms with Gasteiger partial charge in [-0.3, -0.25) is 4.79 Å². The van der Waals surface area contributed by atoms with E-state index in [0.29, 0.717) is 18.8 Å². The molecule has 3 atom stereocenters. The van der Waals surface area contributed by atoms with Crippen LogP contribution in [0.5, 0.6) is 0 Å². The highest BCUT2D eigenvalue weighted by molar-refractivity contribution is 5.92. The zero-order valence-electron chi connectivity index (χ0n) is 21.5. The van der Waals surface area contributed by atoms with Crippen LogP contribution >= 0.6 is 0 Å². The maximum Gasteiger partial charge on any atom is 0.288 e. The molecule has 0 aromatic heterocycles. The van der Waals surface area contributed by atoms with Crippen LogP contribution in [0.4, 0.5) is 0 Å². The van der Waals surface area contributed by atoms with E-state index in [1.807, 2.05) is 17.9 Å². The topological polar surface area (TPSA) is 59.0 Å². The molecule has 2 heterocycles. The predicted molar refractivity (Wildman–Crippen MR) is 141 cm³/mol. The van der Waals surface area contributed by atoms with Crippen molar-refractivity contribution in [2.24, 2.45) is 5.92 Å². The molecular weight excluding hydrogens is 450 g/mol. The van der Waals surface area contributed by atoms with Crippen molar-refractivity contribution in [3.8, 4) is 11.1 Å². The van der Waals surface area contributed by atoms with Crippen molar-refractivity contribution in [1.82, 2.24) is 4.90 Å². The summed E-state index contributed by atoms with van der Waals surface area (Å²) < 4.78 is 12.4. The number of ether oxygens (including phenoxy) is 2. The van der Waals surface area contributed by atoms with E-state index in [-0.39, 0.29) is 24.3 Å². The minimum atomic E-state index is -0.504. The molecule has 2 aromatic carbocycles. The zero-order chi connectivity index (χ0) is 24.9. The fourth-order valence-electron chi connectivity index (χ4n) is 6.12. The van der Waals surface area contributed by atoms with Crippen molar-refractivity contribution in [3.63, 3.8) is 0 Å². The fraction of sp³-hybridized carbons (Fsp3) is 0.516. The van der Waals surface area contributed by atoms with Gasteiger partial charge < -0.3 is 19.5 Å². The average molecular weight is 490 g/mol. The summed E-state index contributed by atoms with van der Waals surface area (Å²) in [4.78, 5) is 15.6. The number of allylic oxidation sites excluding steroid dienone is 1. The molecule has 0 unspecified atom stereocenters. The summed E-state index contributed by atoms with van der Waals surface area (Å²) in [6.45, 7) is 4.18. The molecule has 36 heavy (non-hydrogen) atoms. The zero-order valence-corrected chi connectivity index (χ0v) is 21.5. The Morgan fingerprint density at radius 2 is 1.78 bits per heavy atom. The van der Waals surface area contributed by atoms with Crippen molar-refractivity contribution in [2.75, 3.05) is 26.3 Å². The third-order valence-corrected chi connectivity index (χ3v) is 7.97. The third kappa shape index (κ3) is 5.23. The Morgan fingerprint density at radius 1 is 1.03 bits per heavy atom. The number of rotatable bonds is 7.